The molecule has 0 aromatic carbocycles. The maximum atomic E-state index is 10.4. The standard InChI is InChI=1S/C12H21NO2/c1-3-15-10-11(2,14)12(9-13)7-5-4-6-8-12/h14H,3-8,10H2,1-2H3. The Hall–Kier alpha value is -0.590. The van der Waals surface area contributed by atoms with E-state index in [2.05, 4.69) is 6.07 Å². The first kappa shape index (κ1) is 12.5. The second kappa shape index (κ2) is 4.96. The summed E-state index contributed by atoms with van der Waals surface area (Å²) in [4.78, 5) is 0. The fourth-order valence-electron chi connectivity index (χ4n) is 2.37. The van der Waals surface area contributed by atoms with Crippen LogP contribution >= 0.6 is 0 Å². The van der Waals surface area contributed by atoms with Crippen LogP contribution in [0.5, 0.6) is 0 Å². The molecule has 0 radical (unpaired) electrons. The lowest BCUT2D eigenvalue weighted by Gasteiger charge is -2.42. The van der Waals surface area contributed by atoms with Crippen LogP contribution in [0.3, 0.4) is 0 Å². The quantitative estimate of drug-likeness (QED) is 0.776. The van der Waals surface area contributed by atoms with E-state index in [0.29, 0.717) is 6.61 Å². The van der Waals surface area contributed by atoms with Crippen molar-refractivity contribution in [2.24, 2.45) is 5.41 Å². The first-order valence-electron chi connectivity index (χ1n) is 5.79. The van der Waals surface area contributed by atoms with E-state index in [9.17, 15) is 10.4 Å². The highest BCUT2D eigenvalue weighted by Gasteiger charge is 2.48. The Morgan fingerprint density at radius 3 is 2.47 bits per heavy atom. The number of nitriles is 1. The van der Waals surface area contributed by atoms with E-state index in [-0.39, 0.29) is 6.61 Å². The number of ether oxygens (including phenoxy) is 1. The number of hydrogen-bond donors (Lipinski definition) is 1. The summed E-state index contributed by atoms with van der Waals surface area (Å²) < 4.78 is 5.28. The van der Waals surface area contributed by atoms with Crippen LogP contribution in [-0.2, 0) is 4.74 Å². The van der Waals surface area contributed by atoms with Crippen LogP contribution < -0.4 is 0 Å². The fourth-order valence-corrected chi connectivity index (χ4v) is 2.37. The van der Waals surface area contributed by atoms with Gasteiger partial charge in [0.2, 0.25) is 0 Å². The van der Waals surface area contributed by atoms with Gasteiger partial charge in [0, 0.05) is 6.61 Å². The van der Waals surface area contributed by atoms with E-state index < -0.39 is 11.0 Å². The summed E-state index contributed by atoms with van der Waals surface area (Å²) in [5, 5.41) is 19.7. The Morgan fingerprint density at radius 2 is 2.00 bits per heavy atom. The molecule has 0 aromatic rings. The molecule has 0 saturated heterocycles. The smallest absolute Gasteiger partial charge is 0.104 e. The zero-order chi connectivity index (χ0) is 11.4. The summed E-state index contributed by atoms with van der Waals surface area (Å²) in [5.74, 6) is 0. The van der Waals surface area contributed by atoms with Gasteiger partial charge in [0.25, 0.3) is 0 Å². The summed E-state index contributed by atoms with van der Waals surface area (Å²) in [6.07, 6.45) is 4.84. The Bertz CT molecular complexity index is 236. The van der Waals surface area contributed by atoms with Crippen LogP contribution in [0, 0.1) is 16.7 Å². The molecule has 86 valence electrons. The van der Waals surface area contributed by atoms with Crippen molar-refractivity contribution in [1.29, 1.82) is 5.26 Å². The molecule has 0 spiro atoms. The van der Waals surface area contributed by atoms with Crippen LogP contribution in [0.4, 0.5) is 0 Å². The molecule has 1 saturated carbocycles. The molecule has 0 amide bonds. The topological polar surface area (TPSA) is 53.2 Å². The molecule has 15 heavy (non-hydrogen) atoms. The van der Waals surface area contributed by atoms with Crippen LogP contribution in [0.25, 0.3) is 0 Å². The van der Waals surface area contributed by atoms with Crippen LogP contribution in [0.15, 0.2) is 0 Å². The maximum absolute atomic E-state index is 10.4. The zero-order valence-corrected chi connectivity index (χ0v) is 9.75. The third-order valence-corrected chi connectivity index (χ3v) is 3.54. The first-order valence-corrected chi connectivity index (χ1v) is 5.79. The number of hydrogen-bond acceptors (Lipinski definition) is 3. The normalized spacial score (nSPS) is 24.1. The van der Waals surface area contributed by atoms with Gasteiger partial charge in [-0.3, -0.25) is 0 Å². The van der Waals surface area contributed by atoms with Crippen molar-refractivity contribution in [2.45, 2.75) is 51.6 Å². The molecular formula is C12H21NO2. The van der Waals surface area contributed by atoms with Gasteiger partial charge in [0.15, 0.2) is 0 Å². The van der Waals surface area contributed by atoms with Crippen LogP contribution in [0.2, 0.25) is 0 Å². The van der Waals surface area contributed by atoms with Gasteiger partial charge in [-0.2, -0.15) is 5.26 Å². The molecule has 1 aliphatic carbocycles. The van der Waals surface area contributed by atoms with E-state index in [1.807, 2.05) is 6.92 Å². The van der Waals surface area contributed by atoms with Crippen molar-refractivity contribution in [3.05, 3.63) is 0 Å². The molecule has 0 bridgehead atoms. The lowest BCUT2D eigenvalue weighted by Crippen LogP contribution is -2.49. The Kier molecular flexibility index (Phi) is 4.12. The summed E-state index contributed by atoms with van der Waals surface area (Å²) in [6.45, 7) is 4.47. The average Bonchev–Trinajstić information content (AvgIpc) is 2.27. The van der Waals surface area contributed by atoms with E-state index in [1.54, 1.807) is 6.92 Å². The third kappa shape index (κ3) is 2.50. The van der Waals surface area contributed by atoms with Gasteiger partial charge < -0.3 is 9.84 Å². The Morgan fingerprint density at radius 1 is 1.40 bits per heavy atom. The van der Waals surface area contributed by atoms with Gasteiger partial charge in [-0.25, -0.2) is 0 Å². The van der Waals surface area contributed by atoms with Gasteiger partial charge in [-0.1, -0.05) is 19.3 Å². The van der Waals surface area contributed by atoms with Gasteiger partial charge in [0.1, 0.15) is 5.60 Å². The predicted octanol–water partition coefficient (Wildman–Crippen LogP) is 2.25. The molecule has 1 atom stereocenters. The first-order chi connectivity index (χ1) is 7.08. The van der Waals surface area contributed by atoms with Crippen molar-refractivity contribution in [1.82, 2.24) is 0 Å². The van der Waals surface area contributed by atoms with E-state index in [4.69, 9.17) is 4.74 Å². The maximum Gasteiger partial charge on any atom is 0.104 e. The molecule has 0 aliphatic heterocycles. The second-order valence-corrected chi connectivity index (χ2v) is 4.67. The van der Waals surface area contributed by atoms with E-state index >= 15 is 0 Å². The lowest BCUT2D eigenvalue weighted by molar-refractivity contribution is -0.108. The summed E-state index contributed by atoms with van der Waals surface area (Å²) in [7, 11) is 0. The van der Waals surface area contributed by atoms with E-state index in [0.717, 1.165) is 25.7 Å². The highest BCUT2D eigenvalue weighted by atomic mass is 16.5. The summed E-state index contributed by atoms with van der Waals surface area (Å²) in [6, 6.07) is 2.34. The number of rotatable bonds is 4. The lowest BCUT2D eigenvalue weighted by atomic mass is 9.65. The molecule has 1 N–H and O–H groups in total. The molecule has 1 unspecified atom stereocenters. The van der Waals surface area contributed by atoms with Gasteiger partial charge in [0.05, 0.1) is 18.1 Å². The molecular weight excluding hydrogens is 190 g/mol. The third-order valence-electron chi connectivity index (χ3n) is 3.54. The summed E-state index contributed by atoms with van der Waals surface area (Å²) in [5.41, 5.74) is -1.61. The van der Waals surface area contributed by atoms with Gasteiger partial charge >= 0.3 is 0 Å². The number of nitrogens with zero attached hydrogens (tertiary/aromatic N) is 1. The van der Waals surface area contributed by atoms with Crippen molar-refractivity contribution in [3.63, 3.8) is 0 Å². The fraction of sp³-hybridized carbons (Fsp3) is 0.917. The molecule has 3 nitrogen and oxygen atoms in total. The molecule has 0 aromatic heterocycles. The van der Waals surface area contributed by atoms with Crippen molar-refractivity contribution in [2.75, 3.05) is 13.2 Å². The SMILES string of the molecule is CCOCC(C)(O)C1(C#N)CCCCC1. The predicted molar refractivity (Wildman–Crippen MR) is 58.2 cm³/mol. The minimum atomic E-state index is -1.02. The molecule has 1 rings (SSSR count). The zero-order valence-electron chi connectivity index (χ0n) is 9.75. The van der Waals surface area contributed by atoms with Crippen LogP contribution in [0.1, 0.15) is 46.0 Å². The molecule has 1 aliphatic rings. The second-order valence-electron chi connectivity index (χ2n) is 4.67. The average molecular weight is 211 g/mol. The van der Waals surface area contributed by atoms with Gasteiger partial charge in [-0.15, -0.1) is 0 Å². The van der Waals surface area contributed by atoms with Gasteiger partial charge in [-0.05, 0) is 26.7 Å². The van der Waals surface area contributed by atoms with Crippen molar-refractivity contribution >= 4 is 0 Å². The van der Waals surface area contributed by atoms with Crippen molar-refractivity contribution < 1.29 is 9.84 Å². The Balaban J connectivity index is 2.74. The monoisotopic (exact) mass is 211 g/mol. The Labute approximate surface area is 92.0 Å². The number of aliphatic hydroxyl groups is 1. The summed E-state index contributed by atoms with van der Waals surface area (Å²) >= 11 is 0. The minimum absolute atomic E-state index is 0.261. The van der Waals surface area contributed by atoms with E-state index in [1.165, 1.54) is 6.42 Å². The largest absolute Gasteiger partial charge is 0.386 e. The van der Waals surface area contributed by atoms with Crippen LogP contribution in [-0.4, -0.2) is 23.9 Å². The minimum Gasteiger partial charge on any atom is -0.386 e. The molecule has 1 fully saturated rings. The molecule has 3 heteroatoms. The highest BCUT2D eigenvalue weighted by Crippen LogP contribution is 2.44. The highest BCUT2D eigenvalue weighted by molar-refractivity contribution is 5.11. The van der Waals surface area contributed by atoms with Crippen molar-refractivity contribution in [3.8, 4) is 6.07 Å². The molecule has 0 heterocycles.